The SMILES string of the molecule is C#CCCC(C)(C)C=O. The number of carbonyl (C=O) groups is 1. The van der Waals surface area contributed by atoms with Gasteiger partial charge in [-0.2, -0.15) is 0 Å². The van der Waals surface area contributed by atoms with Gasteiger partial charge in [-0.05, 0) is 6.42 Å². The maximum atomic E-state index is 10.3. The van der Waals surface area contributed by atoms with Crippen molar-refractivity contribution in [2.24, 2.45) is 5.41 Å². The molecule has 0 aromatic rings. The molecule has 0 saturated heterocycles. The van der Waals surface area contributed by atoms with Crippen LogP contribution >= 0.6 is 0 Å². The lowest BCUT2D eigenvalue weighted by Crippen LogP contribution is -2.11. The Labute approximate surface area is 56.5 Å². The minimum atomic E-state index is -0.230. The summed E-state index contributed by atoms with van der Waals surface area (Å²) in [5.41, 5.74) is -0.230. The van der Waals surface area contributed by atoms with Crippen LogP contribution in [0, 0.1) is 17.8 Å². The smallest absolute Gasteiger partial charge is 0.125 e. The van der Waals surface area contributed by atoms with Gasteiger partial charge < -0.3 is 4.79 Å². The second-order valence-corrected chi connectivity index (χ2v) is 2.81. The minimum absolute atomic E-state index is 0.230. The molecule has 1 nitrogen and oxygen atoms in total. The molecular weight excluding hydrogens is 112 g/mol. The topological polar surface area (TPSA) is 17.1 Å². The summed E-state index contributed by atoms with van der Waals surface area (Å²) in [5.74, 6) is 2.50. The van der Waals surface area contributed by atoms with Gasteiger partial charge in [0.15, 0.2) is 0 Å². The van der Waals surface area contributed by atoms with E-state index in [1.54, 1.807) is 0 Å². The predicted molar refractivity (Wildman–Crippen MR) is 37.9 cm³/mol. The predicted octanol–water partition coefficient (Wildman–Crippen LogP) is 1.62. The molecule has 0 fully saturated rings. The molecule has 0 saturated carbocycles. The molecule has 0 spiro atoms. The van der Waals surface area contributed by atoms with E-state index in [9.17, 15) is 4.79 Å². The van der Waals surface area contributed by atoms with Gasteiger partial charge in [0.1, 0.15) is 6.29 Å². The van der Waals surface area contributed by atoms with Gasteiger partial charge in [0.05, 0.1) is 0 Å². The summed E-state index contributed by atoms with van der Waals surface area (Å²) in [6.07, 6.45) is 7.44. The maximum Gasteiger partial charge on any atom is 0.125 e. The normalized spacial score (nSPS) is 10.3. The average Bonchev–Trinajstić information content (AvgIpc) is 1.84. The van der Waals surface area contributed by atoms with Crippen LogP contribution in [-0.4, -0.2) is 6.29 Å². The first-order valence-electron chi connectivity index (χ1n) is 3.02. The van der Waals surface area contributed by atoms with E-state index in [1.165, 1.54) is 0 Å². The number of hydrogen-bond acceptors (Lipinski definition) is 1. The highest BCUT2D eigenvalue weighted by Gasteiger charge is 2.14. The zero-order valence-electron chi connectivity index (χ0n) is 5.98. The molecule has 0 aliphatic rings. The van der Waals surface area contributed by atoms with Crippen LogP contribution in [0.25, 0.3) is 0 Å². The van der Waals surface area contributed by atoms with Crippen LogP contribution < -0.4 is 0 Å². The van der Waals surface area contributed by atoms with E-state index in [2.05, 4.69) is 5.92 Å². The van der Waals surface area contributed by atoms with Gasteiger partial charge >= 0.3 is 0 Å². The summed E-state index contributed by atoms with van der Waals surface area (Å²) < 4.78 is 0. The van der Waals surface area contributed by atoms with Crippen LogP contribution in [-0.2, 0) is 4.79 Å². The third kappa shape index (κ3) is 3.78. The Hall–Kier alpha value is -0.770. The fraction of sp³-hybridized carbons (Fsp3) is 0.625. The van der Waals surface area contributed by atoms with Gasteiger partial charge in [0.25, 0.3) is 0 Å². The van der Waals surface area contributed by atoms with Crippen molar-refractivity contribution in [2.75, 3.05) is 0 Å². The molecule has 0 bridgehead atoms. The van der Waals surface area contributed by atoms with Gasteiger partial charge in [0.2, 0.25) is 0 Å². The van der Waals surface area contributed by atoms with Gasteiger partial charge in [-0.1, -0.05) is 13.8 Å². The molecular formula is C8H12O. The highest BCUT2D eigenvalue weighted by Crippen LogP contribution is 2.17. The van der Waals surface area contributed by atoms with E-state index < -0.39 is 0 Å². The van der Waals surface area contributed by atoms with Gasteiger partial charge in [0, 0.05) is 11.8 Å². The second kappa shape index (κ2) is 3.29. The number of carbonyl (C=O) groups excluding carboxylic acids is 1. The first kappa shape index (κ1) is 8.23. The first-order valence-corrected chi connectivity index (χ1v) is 3.02. The molecule has 0 amide bonds. The summed E-state index contributed by atoms with van der Waals surface area (Å²) in [5, 5.41) is 0. The Kier molecular flexibility index (Phi) is 3.01. The summed E-state index contributed by atoms with van der Waals surface area (Å²) >= 11 is 0. The Balaban J connectivity index is 3.61. The molecule has 0 aromatic carbocycles. The molecule has 1 heteroatoms. The standard InChI is InChI=1S/C8H12O/c1-4-5-6-8(2,3)7-9/h1,7H,5-6H2,2-3H3. The molecule has 0 aliphatic carbocycles. The third-order valence-electron chi connectivity index (χ3n) is 1.23. The van der Waals surface area contributed by atoms with Crippen LogP contribution in [0.1, 0.15) is 26.7 Å². The van der Waals surface area contributed by atoms with Crippen LogP contribution in [0.5, 0.6) is 0 Å². The van der Waals surface area contributed by atoms with Crippen molar-refractivity contribution in [3.63, 3.8) is 0 Å². The van der Waals surface area contributed by atoms with Crippen LogP contribution in [0.4, 0.5) is 0 Å². The highest BCUT2D eigenvalue weighted by atomic mass is 16.1. The Morgan fingerprint density at radius 1 is 1.67 bits per heavy atom. The van der Waals surface area contributed by atoms with E-state index >= 15 is 0 Å². The lowest BCUT2D eigenvalue weighted by atomic mass is 9.90. The molecule has 9 heavy (non-hydrogen) atoms. The molecule has 0 atom stereocenters. The Morgan fingerprint density at radius 2 is 2.22 bits per heavy atom. The largest absolute Gasteiger partial charge is 0.303 e. The van der Waals surface area contributed by atoms with E-state index in [1.807, 2.05) is 13.8 Å². The van der Waals surface area contributed by atoms with Crippen molar-refractivity contribution in [3.05, 3.63) is 0 Å². The van der Waals surface area contributed by atoms with Crippen LogP contribution in [0.15, 0.2) is 0 Å². The average molecular weight is 124 g/mol. The first-order chi connectivity index (χ1) is 4.12. The molecule has 50 valence electrons. The van der Waals surface area contributed by atoms with Crippen molar-refractivity contribution < 1.29 is 4.79 Å². The molecule has 0 unspecified atom stereocenters. The van der Waals surface area contributed by atoms with Crippen LogP contribution in [0.3, 0.4) is 0 Å². The van der Waals surface area contributed by atoms with Crippen molar-refractivity contribution in [1.29, 1.82) is 0 Å². The highest BCUT2D eigenvalue weighted by molar-refractivity contribution is 5.57. The lowest BCUT2D eigenvalue weighted by molar-refractivity contribution is -0.114. The molecule has 0 N–H and O–H groups in total. The zero-order chi connectivity index (χ0) is 7.33. The number of rotatable bonds is 3. The molecule has 0 rings (SSSR count). The van der Waals surface area contributed by atoms with E-state index in [0.29, 0.717) is 6.42 Å². The third-order valence-corrected chi connectivity index (χ3v) is 1.23. The van der Waals surface area contributed by atoms with E-state index in [-0.39, 0.29) is 5.41 Å². The molecule has 0 heterocycles. The Bertz CT molecular complexity index is 128. The molecule has 0 radical (unpaired) electrons. The Morgan fingerprint density at radius 3 is 2.56 bits per heavy atom. The van der Waals surface area contributed by atoms with E-state index in [4.69, 9.17) is 6.42 Å². The number of hydrogen-bond donors (Lipinski definition) is 0. The van der Waals surface area contributed by atoms with E-state index in [0.717, 1.165) is 12.7 Å². The fourth-order valence-electron chi connectivity index (χ4n) is 0.453. The van der Waals surface area contributed by atoms with Crippen molar-refractivity contribution in [1.82, 2.24) is 0 Å². The maximum absolute atomic E-state index is 10.3. The summed E-state index contributed by atoms with van der Waals surface area (Å²) in [7, 11) is 0. The summed E-state index contributed by atoms with van der Waals surface area (Å²) in [4.78, 5) is 10.3. The van der Waals surface area contributed by atoms with Gasteiger partial charge in [-0.25, -0.2) is 0 Å². The summed E-state index contributed by atoms with van der Waals surface area (Å²) in [6, 6.07) is 0. The lowest BCUT2D eigenvalue weighted by Gasteiger charge is -2.13. The van der Waals surface area contributed by atoms with Crippen molar-refractivity contribution in [3.8, 4) is 12.3 Å². The number of aldehydes is 1. The van der Waals surface area contributed by atoms with Gasteiger partial charge in [-0.15, -0.1) is 12.3 Å². The fourth-order valence-corrected chi connectivity index (χ4v) is 0.453. The monoisotopic (exact) mass is 124 g/mol. The second-order valence-electron chi connectivity index (χ2n) is 2.81. The van der Waals surface area contributed by atoms with Crippen LogP contribution in [0.2, 0.25) is 0 Å². The number of terminal acetylenes is 1. The van der Waals surface area contributed by atoms with Crippen molar-refractivity contribution in [2.45, 2.75) is 26.7 Å². The zero-order valence-corrected chi connectivity index (χ0v) is 5.98. The molecule has 0 aliphatic heterocycles. The molecule has 0 aromatic heterocycles. The minimum Gasteiger partial charge on any atom is -0.303 e. The quantitative estimate of drug-likeness (QED) is 0.413. The summed E-state index contributed by atoms with van der Waals surface area (Å²) in [6.45, 7) is 3.77. The van der Waals surface area contributed by atoms with Crippen molar-refractivity contribution >= 4 is 6.29 Å². The van der Waals surface area contributed by atoms with Gasteiger partial charge in [-0.3, -0.25) is 0 Å².